The topological polar surface area (TPSA) is 177 Å². The highest BCUT2D eigenvalue weighted by molar-refractivity contribution is 7.92. The highest BCUT2D eigenvalue weighted by Gasteiger charge is 2.31. The Balaban J connectivity index is 1.33. The number of carbonyl (C=O) groups excluding carboxylic acids is 2. The monoisotopic (exact) mass is 668 g/mol. The van der Waals surface area contributed by atoms with Gasteiger partial charge >= 0.3 is 0 Å². The second-order valence-electron chi connectivity index (χ2n) is 10.4. The first kappa shape index (κ1) is 32.2. The van der Waals surface area contributed by atoms with E-state index in [0.717, 1.165) is 6.26 Å². The number of benzene rings is 3. The predicted molar refractivity (Wildman–Crippen MR) is 172 cm³/mol. The molecule has 16 heteroatoms. The number of carbonyl (C=O) groups is 2. The lowest BCUT2D eigenvalue weighted by Gasteiger charge is -2.36. The van der Waals surface area contributed by atoms with Crippen LogP contribution in [0.2, 0.25) is 5.02 Å². The van der Waals surface area contributed by atoms with E-state index in [2.05, 4.69) is 15.2 Å². The molecule has 14 nitrogen and oxygen atoms in total. The molecular formula is C30H29ClN6O8S. The average molecular weight is 669 g/mol. The highest BCUT2D eigenvalue weighted by Crippen LogP contribution is 2.38. The van der Waals surface area contributed by atoms with Gasteiger partial charge in [0.1, 0.15) is 28.5 Å². The van der Waals surface area contributed by atoms with Crippen molar-refractivity contribution in [2.75, 3.05) is 54.5 Å². The molecule has 1 fully saturated rings. The Labute approximate surface area is 269 Å². The molecule has 0 spiro atoms. The molecule has 2 N–H and O–H groups in total. The first-order valence-corrected chi connectivity index (χ1v) is 16.1. The van der Waals surface area contributed by atoms with Gasteiger partial charge in [-0.15, -0.1) is 0 Å². The van der Waals surface area contributed by atoms with E-state index in [4.69, 9.17) is 20.9 Å². The number of halogens is 1. The Morgan fingerprint density at radius 3 is 2.37 bits per heavy atom. The van der Waals surface area contributed by atoms with E-state index >= 15 is 0 Å². The third-order valence-electron chi connectivity index (χ3n) is 7.31. The number of nitro benzene ring substituents is 1. The smallest absolute Gasteiger partial charge is 0.294 e. The van der Waals surface area contributed by atoms with Crippen LogP contribution in [0.5, 0.6) is 5.75 Å². The van der Waals surface area contributed by atoms with Gasteiger partial charge in [0.15, 0.2) is 0 Å². The molecule has 46 heavy (non-hydrogen) atoms. The van der Waals surface area contributed by atoms with Crippen LogP contribution in [-0.2, 0) is 10.0 Å². The molecule has 240 valence electrons. The Bertz CT molecular complexity index is 1920. The molecule has 1 aliphatic heterocycles. The number of aryl methyl sites for hydroxylation is 1. The number of nitrogens with one attached hydrogen (secondary N) is 2. The summed E-state index contributed by atoms with van der Waals surface area (Å²) in [6.07, 6.45) is 1.000. The number of nitro groups is 1. The second-order valence-corrected chi connectivity index (χ2v) is 12.6. The van der Waals surface area contributed by atoms with Gasteiger partial charge in [-0.05, 0) is 49.4 Å². The predicted octanol–water partition coefficient (Wildman–Crippen LogP) is 4.81. The van der Waals surface area contributed by atoms with Crippen molar-refractivity contribution in [1.82, 2.24) is 10.1 Å². The summed E-state index contributed by atoms with van der Waals surface area (Å²) in [5.41, 5.74) is 1.70. The van der Waals surface area contributed by atoms with Crippen LogP contribution in [0, 0.1) is 17.0 Å². The van der Waals surface area contributed by atoms with Gasteiger partial charge in [-0.2, -0.15) is 0 Å². The molecule has 5 rings (SSSR count). The van der Waals surface area contributed by atoms with Crippen LogP contribution in [0.25, 0.3) is 11.3 Å². The Hall–Kier alpha value is -5.15. The zero-order valence-electron chi connectivity index (χ0n) is 24.9. The Kier molecular flexibility index (Phi) is 9.16. The number of amides is 2. The van der Waals surface area contributed by atoms with E-state index in [1.54, 1.807) is 24.0 Å². The minimum atomic E-state index is -3.51. The molecule has 0 bridgehead atoms. The van der Waals surface area contributed by atoms with Crippen LogP contribution in [-0.4, -0.2) is 74.8 Å². The minimum absolute atomic E-state index is 0.0761. The van der Waals surface area contributed by atoms with Gasteiger partial charge in [0.25, 0.3) is 17.5 Å². The first-order valence-electron chi connectivity index (χ1n) is 13.9. The molecule has 1 aromatic heterocycles. The number of hydrogen-bond donors (Lipinski definition) is 2. The third-order valence-corrected chi connectivity index (χ3v) is 8.22. The van der Waals surface area contributed by atoms with Gasteiger partial charge in [0.05, 0.1) is 29.0 Å². The van der Waals surface area contributed by atoms with E-state index < -0.39 is 26.5 Å². The molecule has 2 heterocycles. The fourth-order valence-electron chi connectivity index (χ4n) is 5.10. The molecule has 1 aliphatic rings. The number of hydrogen-bond acceptors (Lipinski definition) is 10. The maximum atomic E-state index is 13.7. The van der Waals surface area contributed by atoms with Gasteiger partial charge in [0.2, 0.25) is 10.0 Å². The molecule has 4 aromatic rings. The maximum absolute atomic E-state index is 13.7. The van der Waals surface area contributed by atoms with Crippen molar-refractivity contribution < 1.29 is 32.2 Å². The number of methoxy groups -OCH3 is 1. The molecule has 1 saturated heterocycles. The van der Waals surface area contributed by atoms with Crippen LogP contribution in [0.4, 0.5) is 22.7 Å². The Morgan fingerprint density at radius 2 is 1.74 bits per heavy atom. The van der Waals surface area contributed by atoms with Crippen molar-refractivity contribution in [3.63, 3.8) is 0 Å². The Morgan fingerprint density at radius 1 is 1.07 bits per heavy atom. The summed E-state index contributed by atoms with van der Waals surface area (Å²) in [4.78, 5) is 41.4. The lowest BCUT2D eigenvalue weighted by molar-refractivity contribution is -0.383. The van der Waals surface area contributed by atoms with E-state index in [1.165, 1.54) is 43.5 Å². The van der Waals surface area contributed by atoms with E-state index in [-0.39, 0.29) is 27.9 Å². The molecule has 0 saturated carbocycles. The summed E-state index contributed by atoms with van der Waals surface area (Å²) in [6.45, 7) is 2.97. The number of piperazine rings is 1. The lowest BCUT2D eigenvalue weighted by Crippen LogP contribution is -2.49. The highest BCUT2D eigenvalue weighted by atomic mass is 35.5. The fourth-order valence-corrected chi connectivity index (χ4v) is 5.94. The van der Waals surface area contributed by atoms with Crippen molar-refractivity contribution in [2.24, 2.45) is 0 Å². The molecule has 0 radical (unpaired) electrons. The fraction of sp³-hybridized carbons (Fsp3) is 0.233. The molecule has 0 unspecified atom stereocenters. The van der Waals surface area contributed by atoms with Gasteiger partial charge in [-0.25, -0.2) is 8.42 Å². The van der Waals surface area contributed by atoms with Crippen LogP contribution < -0.4 is 19.7 Å². The standard InChI is InChI=1S/C30H29ClN6O8S/c1-18-27(28(33-45-18)21-6-4-5-7-26(21)44-2)30(39)36-14-12-35(13-15-36)24-17-23(25(37(40)41)16-22(24)31)32-29(38)19-8-10-20(11-9-19)34-46(3,42)43/h4-11,16-17,34H,12-15H2,1-3H3,(H,32,38). The van der Waals surface area contributed by atoms with Gasteiger partial charge < -0.3 is 24.4 Å². The van der Waals surface area contributed by atoms with Crippen molar-refractivity contribution >= 4 is 56.2 Å². The van der Waals surface area contributed by atoms with E-state index in [9.17, 15) is 28.1 Å². The number of sulfonamides is 1. The molecule has 0 atom stereocenters. The third kappa shape index (κ3) is 6.89. The number of nitrogens with zero attached hydrogens (tertiary/aromatic N) is 4. The molecule has 2 amide bonds. The summed E-state index contributed by atoms with van der Waals surface area (Å²) >= 11 is 6.49. The summed E-state index contributed by atoms with van der Waals surface area (Å²) in [5.74, 6) is 0.00669. The van der Waals surface area contributed by atoms with Gasteiger partial charge in [-0.1, -0.05) is 28.9 Å². The van der Waals surface area contributed by atoms with Crippen LogP contribution >= 0.6 is 11.6 Å². The van der Waals surface area contributed by atoms with Crippen molar-refractivity contribution in [1.29, 1.82) is 0 Å². The zero-order valence-corrected chi connectivity index (χ0v) is 26.5. The zero-order chi connectivity index (χ0) is 33.2. The number of anilines is 3. The number of aromatic nitrogens is 1. The number of ether oxygens (including phenoxy) is 1. The lowest BCUT2D eigenvalue weighted by atomic mass is 10.0. The van der Waals surface area contributed by atoms with E-state index in [1.807, 2.05) is 17.0 Å². The van der Waals surface area contributed by atoms with Crippen LogP contribution in [0.3, 0.4) is 0 Å². The summed E-state index contributed by atoms with van der Waals surface area (Å²) in [5, 5.41) is 18.6. The largest absolute Gasteiger partial charge is 0.496 e. The number of para-hydroxylation sites is 1. The maximum Gasteiger partial charge on any atom is 0.294 e. The first-order chi connectivity index (χ1) is 21.9. The second kappa shape index (κ2) is 13.1. The van der Waals surface area contributed by atoms with E-state index in [0.29, 0.717) is 60.2 Å². The van der Waals surface area contributed by atoms with Gasteiger partial charge in [-0.3, -0.25) is 24.4 Å². The molecular weight excluding hydrogens is 640 g/mol. The SMILES string of the molecule is COc1ccccc1-c1noc(C)c1C(=O)N1CCN(c2cc(NC(=O)c3ccc(NS(C)(=O)=O)cc3)c([N+](=O)[O-])cc2Cl)CC1. The minimum Gasteiger partial charge on any atom is -0.496 e. The van der Waals surface area contributed by atoms with Crippen molar-refractivity contribution in [2.45, 2.75) is 6.92 Å². The summed E-state index contributed by atoms with van der Waals surface area (Å²) < 4.78 is 36.1. The molecule has 0 aliphatic carbocycles. The van der Waals surface area contributed by atoms with Gasteiger partial charge in [0, 0.05) is 49.1 Å². The summed E-state index contributed by atoms with van der Waals surface area (Å²) in [7, 11) is -1.97. The molecule has 3 aromatic carbocycles. The van der Waals surface area contributed by atoms with Crippen LogP contribution in [0.15, 0.2) is 65.2 Å². The van der Waals surface area contributed by atoms with Crippen molar-refractivity contribution in [3.8, 4) is 17.0 Å². The normalized spacial score (nSPS) is 13.3. The average Bonchev–Trinajstić information content (AvgIpc) is 3.41. The summed E-state index contributed by atoms with van der Waals surface area (Å²) in [6, 6.07) is 15.4. The quantitative estimate of drug-likeness (QED) is 0.186. The number of rotatable bonds is 9. The van der Waals surface area contributed by atoms with Crippen LogP contribution in [0.1, 0.15) is 26.5 Å². The van der Waals surface area contributed by atoms with Crippen molar-refractivity contribution in [3.05, 3.63) is 92.7 Å².